The van der Waals surface area contributed by atoms with Gasteiger partial charge in [0.2, 0.25) is 0 Å². The van der Waals surface area contributed by atoms with Crippen molar-refractivity contribution >= 4 is 30.1 Å². The molecule has 0 bridgehead atoms. The van der Waals surface area contributed by atoms with Gasteiger partial charge >= 0.3 is 13.2 Å². The first kappa shape index (κ1) is 26.3. The van der Waals surface area contributed by atoms with Crippen molar-refractivity contribution in [2.45, 2.75) is 39.2 Å². The van der Waals surface area contributed by atoms with Gasteiger partial charge in [0.1, 0.15) is 23.8 Å². The third-order valence-electron chi connectivity index (χ3n) is 5.49. The Bertz CT molecular complexity index is 1120. The molecule has 0 saturated carbocycles. The molecule has 0 radical (unpaired) electrons. The molecule has 11 heteroatoms. The Kier molecular flexibility index (Phi) is 8.56. The minimum absolute atomic E-state index is 0.0182. The molecule has 35 heavy (non-hydrogen) atoms. The number of carbonyl (C=O) groups is 2. The third kappa shape index (κ3) is 7.08. The number of para-hydroxylation sites is 1. The first-order valence-corrected chi connectivity index (χ1v) is 11.3. The molecule has 1 fully saturated rings. The van der Waals surface area contributed by atoms with E-state index in [0.29, 0.717) is 17.8 Å². The number of nitriles is 1. The van der Waals surface area contributed by atoms with Crippen molar-refractivity contribution in [2.75, 3.05) is 26.4 Å². The lowest BCUT2D eigenvalue weighted by Crippen LogP contribution is -2.53. The summed E-state index contributed by atoms with van der Waals surface area (Å²) >= 11 is 0. The zero-order chi connectivity index (χ0) is 25.6. The fraction of sp³-hybridized carbons (Fsp3) is 0.458. The molecule has 3 N–H and O–H groups in total. The molecule has 1 aromatic carbocycles. The Balaban J connectivity index is 1.62. The number of carbonyl (C=O) groups excluding carboxylic acids is 2. The molecule has 0 spiro atoms. The van der Waals surface area contributed by atoms with Crippen LogP contribution >= 0.6 is 0 Å². The lowest BCUT2D eigenvalue weighted by Gasteiger charge is -2.35. The summed E-state index contributed by atoms with van der Waals surface area (Å²) in [5, 5.41) is 32.3. The van der Waals surface area contributed by atoms with Gasteiger partial charge in [-0.05, 0) is 23.5 Å². The molecule has 186 valence electrons. The molecule has 1 saturated heterocycles. The normalized spacial score (nSPS) is 17.5. The summed E-state index contributed by atoms with van der Waals surface area (Å²) in [7, 11) is -1.84. The van der Waals surface area contributed by atoms with Crippen molar-refractivity contribution in [3.05, 3.63) is 47.7 Å². The summed E-state index contributed by atoms with van der Waals surface area (Å²) in [5.74, 6) is -1.50. The van der Waals surface area contributed by atoms with Crippen LogP contribution in [0, 0.1) is 16.7 Å². The standard InChI is InChI=1S/C24H30BN3O7/c1-24(2,3)11-17(12-26)22(29)28-8-9-33-14-18(28)15-35-23(30)27-21(25(31)32)10-16-13-34-20-7-5-4-6-19(16)20/h4-7,11,13,18,21,31-32H,8-10,14-15H2,1-3H3,(H,27,30)/t18-,21+/m1/s1. The second-order valence-electron chi connectivity index (χ2n) is 9.49. The van der Waals surface area contributed by atoms with E-state index in [1.807, 2.05) is 45.0 Å². The van der Waals surface area contributed by atoms with Crippen LogP contribution in [0.3, 0.4) is 0 Å². The minimum Gasteiger partial charge on any atom is -0.464 e. The highest BCUT2D eigenvalue weighted by molar-refractivity contribution is 6.43. The van der Waals surface area contributed by atoms with Crippen molar-refractivity contribution in [1.82, 2.24) is 10.2 Å². The first-order valence-electron chi connectivity index (χ1n) is 11.3. The number of benzene rings is 1. The summed E-state index contributed by atoms with van der Waals surface area (Å²) in [6.07, 6.45) is 2.35. The number of ether oxygens (including phenoxy) is 2. The lowest BCUT2D eigenvalue weighted by atomic mass is 9.76. The number of alkyl carbamates (subject to hydrolysis) is 1. The van der Waals surface area contributed by atoms with E-state index in [-0.39, 0.29) is 37.2 Å². The maximum atomic E-state index is 13.0. The maximum Gasteiger partial charge on any atom is 0.475 e. The molecule has 10 nitrogen and oxygen atoms in total. The van der Waals surface area contributed by atoms with E-state index in [4.69, 9.17) is 13.9 Å². The SMILES string of the molecule is CC(C)(C)C=C(C#N)C(=O)N1CCOC[C@@H]1COC(=O)N[C@@H](Cc1coc2ccccc12)B(O)O. The Morgan fingerprint density at radius 1 is 1.37 bits per heavy atom. The summed E-state index contributed by atoms with van der Waals surface area (Å²) in [6.45, 7) is 6.18. The van der Waals surface area contributed by atoms with Crippen LogP contribution in [0.2, 0.25) is 0 Å². The highest BCUT2D eigenvalue weighted by atomic mass is 16.6. The molecule has 1 aromatic heterocycles. The van der Waals surface area contributed by atoms with Gasteiger partial charge in [0.05, 0.1) is 31.5 Å². The minimum atomic E-state index is -1.84. The monoisotopic (exact) mass is 483 g/mol. The van der Waals surface area contributed by atoms with Crippen LogP contribution in [0.1, 0.15) is 26.3 Å². The predicted molar refractivity (Wildman–Crippen MR) is 128 cm³/mol. The van der Waals surface area contributed by atoms with E-state index in [2.05, 4.69) is 5.32 Å². The average Bonchev–Trinajstić information content (AvgIpc) is 3.22. The van der Waals surface area contributed by atoms with Crippen LogP contribution in [-0.4, -0.2) is 72.4 Å². The van der Waals surface area contributed by atoms with Crippen molar-refractivity contribution in [2.24, 2.45) is 5.41 Å². The molecule has 2 amide bonds. The Hall–Kier alpha value is -3.33. The van der Waals surface area contributed by atoms with E-state index in [9.17, 15) is 24.9 Å². The van der Waals surface area contributed by atoms with E-state index >= 15 is 0 Å². The summed E-state index contributed by atoms with van der Waals surface area (Å²) in [6, 6.07) is 8.66. The number of allylic oxidation sites excluding steroid dienone is 1. The molecule has 2 atom stereocenters. The molecule has 2 aromatic rings. The number of fused-ring (bicyclic) bond motifs is 1. The van der Waals surface area contributed by atoms with Gasteiger partial charge in [0.15, 0.2) is 0 Å². The highest BCUT2D eigenvalue weighted by Crippen LogP contribution is 2.22. The summed E-state index contributed by atoms with van der Waals surface area (Å²) in [4.78, 5) is 26.9. The van der Waals surface area contributed by atoms with Gasteiger partial charge in [-0.2, -0.15) is 5.26 Å². The van der Waals surface area contributed by atoms with Crippen molar-refractivity contribution < 1.29 is 33.5 Å². The van der Waals surface area contributed by atoms with Crippen LogP contribution in [-0.2, 0) is 20.7 Å². The third-order valence-corrected chi connectivity index (χ3v) is 5.49. The van der Waals surface area contributed by atoms with E-state index in [1.54, 1.807) is 12.1 Å². The van der Waals surface area contributed by atoms with Gasteiger partial charge < -0.3 is 34.2 Å². The number of furan rings is 1. The molecular formula is C24H30BN3O7. The number of hydrogen-bond donors (Lipinski definition) is 3. The second-order valence-corrected chi connectivity index (χ2v) is 9.49. The van der Waals surface area contributed by atoms with Crippen LogP contribution in [0.15, 0.2) is 46.6 Å². The number of nitrogens with one attached hydrogen (secondary N) is 1. The van der Waals surface area contributed by atoms with Gasteiger partial charge in [0, 0.05) is 11.9 Å². The smallest absolute Gasteiger partial charge is 0.464 e. The van der Waals surface area contributed by atoms with E-state index in [1.165, 1.54) is 11.2 Å². The van der Waals surface area contributed by atoms with Crippen molar-refractivity contribution in [3.8, 4) is 6.07 Å². The van der Waals surface area contributed by atoms with E-state index in [0.717, 1.165) is 5.39 Å². The molecule has 0 aliphatic carbocycles. The average molecular weight is 483 g/mol. The largest absolute Gasteiger partial charge is 0.475 e. The first-order chi connectivity index (χ1) is 16.6. The highest BCUT2D eigenvalue weighted by Gasteiger charge is 2.32. The number of amides is 2. The number of hydrogen-bond acceptors (Lipinski definition) is 8. The molecule has 0 unspecified atom stereocenters. The van der Waals surface area contributed by atoms with E-state index < -0.39 is 31.1 Å². The van der Waals surface area contributed by atoms with Crippen molar-refractivity contribution in [1.29, 1.82) is 5.26 Å². The Morgan fingerprint density at radius 3 is 2.80 bits per heavy atom. The van der Waals surface area contributed by atoms with Crippen LogP contribution in [0.5, 0.6) is 0 Å². The van der Waals surface area contributed by atoms with Gasteiger partial charge in [-0.1, -0.05) is 45.0 Å². The topological polar surface area (TPSA) is 145 Å². The molecule has 1 aliphatic rings. The molecule has 1 aliphatic heterocycles. The second kappa shape index (κ2) is 11.4. The van der Waals surface area contributed by atoms with Crippen LogP contribution < -0.4 is 5.32 Å². The molecule has 3 rings (SSSR count). The maximum absolute atomic E-state index is 13.0. The van der Waals surface area contributed by atoms with Crippen LogP contribution in [0.25, 0.3) is 11.0 Å². The number of morpholine rings is 1. The zero-order valence-electron chi connectivity index (χ0n) is 20.1. The fourth-order valence-electron chi connectivity index (χ4n) is 3.81. The number of nitrogens with zero attached hydrogens (tertiary/aromatic N) is 2. The van der Waals surface area contributed by atoms with Gasteiger partial charge in [-0.3, -0.25) is 4.79 Å². The summed E-state index contributed by atoms with van der Waals surface area (Å²) in [5.41, 5.74) is 1.01. The quantitative estimate of drug-likeness (QED) is 0.307. The zero-order valence-corrected chi connectivity index (χ0v) is 20.1. The van der Waals surface area contributed by atoms with Gasteiger partial charge in [-0.15, -0.1) is 0 Å². The Morgan fingerprint density at radius 2 is 2.11 bits per heavy atom. The van der Waals surface area contributed by atoms with Crippen LogP contribution in [0.4, 0.5) is 4.79 Å². The fourth-order valence-corrected chi connectivity index (χ4v) is 3.81. The molecule has 2 heterocycles. The summed E-state index contributed by atoms with van der Waals surface area (Å²) < 4.78 is 16.2. The van der Waals surface area contributed by atoms with Crippen molar-refractivity contribution in [3.63, 3.8) is 0 Å². The molecular weight excluding hydrogens is 453 g/mol. The van der Waals surface area contributed by atoms with Gasteiger partial charge in [-0.25, -0.2) is 4.79 Å². The predicted octanol–water partition coefficient (Wildman–Crippen LogP) is 1.81. The van der Waals surface area contributed by atoms with Gasteiger partial charge in [0.25, 0.3) is 5.91 Å². The lowest BCUT2D eigenvalue weighted by molar-refractivity contribution is -0.137. The Labute approximate surface area is 204 Å². The number of rotatable bonds is 7.